The number of rotatable bonds is 4. The van der Waals surface area contributed by atoms with Crippen molar-refractivity contribution in [3.63, 3.8) is 0 Å². The molecule has 126 valence electrons. The number of nitrogens with one attached hydrogen (secondary N) is 1. The normalized spacial score (nSPS) is 16.8. The fourth-order valence-corrected chi connectivity index (χ4v) is 3.06. The van der Waals surface area contributed by atoms with Crippen LogP contribution in [0.4, 0.5) is 17.7 Å². The van der Waals surface area contributed by atoms with Gasteiger partial charge in [-0.2, -0.15) is 0 Å². The van der Waals surface area contributed by atoms with Crippen molar-refractivity contribution < 1.29 is 0 Å². The molecule has 3 aromatic rings. The SMILES string of the molecule is Cc1nc(Nc2ncccn2)cc([C@@H]2CCCN2c2ncccn2)n1. The average molecular weight is 334 g/mol. The first kappa shape index (κ1) is 15.4. The molecule has 1 atom stereocenters. The van der Waals surface area contributed by atoms with Crippen LogP contribution in [0.15, 0.2) is 43.0 Å². The summed E-state index contributed by atoms with van der Waals surface area (Å²) in [5.41, 5.74) is 0.955. The van der Waals surface area contributed by atoms with Crippen molar-refractivity contribution in [3.05, 3.63) is 54.5 Å². The van der Waals surface area contributed by atoms with E-state index in [0.29, 0.717) is 17.6 Å². The van der Waals surface area contributed by atoms with Crippen LogP contribution in [0, 0.1) is 6.92 Å². The summed E-state index contributed by atoms with van der Waals surface area (Å²) in [6.45, 7) is 2.81. The van der Waals surface area contributed by atoms with E-state index in [1.807, 2.05) is 19.1 Å². The van der Waals surface area contributed by atoms with E-state index >= 15 is 0 Å². The molecule has 1 N–H and O–H groups in total. The molecule has 1 saturated heterocycles. The van der Waals surface area contributed by atoms with Crippen molar-refractivity contribution >= 4 is 17.7 Å². The van der Waals surface area contributed by atoms with E-state index in [1.165, 1.54) is 0 Å². The third kappa shape index (κ3) is 3.37. The minimum Gasteiger partial charge on any atom is -0.332 e. The second-order valence-electron chi connectivity index (χ2n) is 5.82. The van der Waals surface area contributed by atoms with E-state index in [4.69, 9.17) is 0 Å². The smallest absolute Gasteiger partial charge is 0.228 e. The Kier molecular flexibility index (Phi) is 4.16. The van der Waals surface area contributed by atoms with Gasteiger partial charge in [-0.3, -0.25) is 0 Å². The van der Waals surface area contributed by atoms with Crippen LogP contribution in [0.25, 0.3) is 0 Å². The van der Waals surface area contributed by atoms with Gasteiger partial charge in [-0.15, -0.1) is 0 Å². The van der Waals surface area contributed by atoms with Crippen LogP contribution in [0.5, 0.6) is 0 Å². The third-order valence-electron chi connectivity index (χ3n) is 4.07. The van der Waals surface area contributed by atoms with Crippen LogP contribution < -0.4 is 10.2 Å². The lowest BCUT2D eigenvalue weighted by Crippen LogP contribution is -2.25. The standard InChI is InChI=1S/C17H18N8/c1-12-22-13(11-15(23-12)24-16-18-6-3-7-19-16)14-5-2-10-25(14)17-20-8-4-9-21-17/h3-4,6-9,11,14H,2,5,10H2,1H3,(H,18,19,22,23,24)/t14-/m0/s1. The molecule has 1 aliphatic heterocycles. The fraction of sp³-hybridized carbons (Fsp3) is 0.294. The zero-order chi connectivity index (χ0) is 17.1. The summed E-state index contributed by atoms with van der Waals surface area (Å²) in [5.74, 6) is 2.65. The molecule has 1 aliphatic rings. The number of anilines is 3. The maximum atomic E-state index is 4.64. The first-order chi connectivity index (χ1) is 12.3. The predicted octanol–water partition coefficient (Wildman–Crippen LogP) is 2.45. The van der Waals surface area contributed by atoms with E-state index in [-0.39, 0.29) is 6.04 Å². The summed E-state index contributed by atoms with van der Waals surface area (Å²) in [6, 6.07) is 5.69. The molecular formula is C17H18N8. The highest BCUT2D eigenvalue weighted by Gasteiger charge is 2.29. The Balaban J connectivity index is 1.63. The van der Waals surface area contributed by atoms with Crippen LogP contribution in [-0.4, -0.2) is 36.4 Å². The molecule has 8 nitrogen and oxygen atoms in total. The molecule has 0 bridgehead atoms. The van der Waals surface area contributed by atoms with Crippen molar-refractivity contribution in [1.29, 1.82) is 0 Å². The molecule has 3 aromatic heterocycles. The van der Waals surface area contributed by atoms with Gasteiger partial charge in [-0.25, -0.2) is 29.9 Å². The Morgan fingerprint density at radius 1 is 1.00 bits per heavy atom. The highest BCUT2D eigenvalue weighted by molar-refractivity contribution is 5.49. The van der Waals surface area contributed by atoms with Gasteiger partial charge in [0.25, 0.3) is 0 Å². The highest BCUT2D eigenvalue weighted by Crippen LogP contribution is 2.34. The minimum absolute atomic E-state index is 0.140. The van der Waals surface area contributed by atoms with E-state index in [0.717, 1.165) is 31.0 Å². The van der Waals surface area contributed by atoms with Crippen LogP contribution >= 0.6 is 0 Å². The molecule has 4 rings (SSSR count). The summed E-state index contributed by atoms with van der Waals surface area (Å²) < 4.78 is 0. The lowest BCUT2D eigenvalue weighted by atomic mass is 10.1. The van der Waals surface area contributed by atoms with Crippen molar-refractivity contribution in [1.82, 2.24) is 29.9 Å². The predicted molar refractivity (Wildman–Crippen MR) is 93.4 cm³/mol. The summed E-state index contributed by atoms with van der Waals surface area (Å²) in [4.78, 5) is 28.4. The van der Waals surface area contributed by atoms with E-state index in [1.54, 1.807) is 30.9 Å². The van der Waals surface area contributed by atoms with Gasteiger partial charge in [0.2, 0.25) is 11.9 Å². The topological polar surface area (TPSA) is 92.6 Å². The van der Waals surface area contributed by atoms with Crippen LogP contribution in [-0.2, 0) is 0 Å². The molecule has 0 aliphatic carbocycles. The minimum atomic E-state index is 0.140. The number of aryl methyl sites for hydroxylation is 1. The lowest BCUT2D eigenvalue weighted by Gasteiger charge is -2.24. The molecule has 0 spiro atoms. The molecule has 4 heterocycles. The fourth-order valence-electron chi connectivity index (χ4n) is 3.06. The second kappa shape index (κ2) is 6.76. The number of hydrogen-bond acceptors (Lipinski definition) is 8. The van der Waals surface area contributed by atoms with Gasteiger partial charge < -0.3 is 10.2 Å². The zero-order valence-corrected chi connectivity index (χ0v) is 13.9. The molecule has 1 fully saturated rings. The van der Waals surface area contributed by atoms with Crippen molar-refractivity contribution in [3.8, 4) is 0 Å². The quantitative estimate of drug-likeness (QED) is 0.778. The van der Waals surface area contributed by atoms with E-state index < -0.39 is 0 Å². The maximum absolute atomic E-state index is 4.64. The molecule has 0 aromatic carbocycles. The molecule has 0 radical (unpaired) electrons. The Morgan fingerprint density at radius 2 is 1.72 bits per heavy atom. The Bertz CT molecular complexity index is 840. The van der Waals surface area contributed by atoms with Crippen LogP contribution in [0.1, 0.15) is 30.4 Å². The first-order valence-electron chi connectivity index (χ1n) is 8.23. The number of hydrogen-bond donors (Lipinski definition) is 1. The van der Waals surface area contributed by atoms with Gasteiger partial charge in [-0.1, -0.05) is 0 Å². The van der Waals surface area contributed by atoms with Gasteiger partial charge >= 0.3 is 0 Å². The zero-order valence-electron chi connectivity index (χ0n) is 13.9. The average Bonchev–Trinajstić information content (AvgIpc) is 3.13. The summed E-state index contributed by atoms with van der Waals surface area (Å²) >= 11 is 0. The highest BCUT2D eigenvalue weighted by atomic mass is 15.3. The maximum Gasteiger partial charge on any atom is 0.228 e. The molecule has 0 amide bonds. The van der Waals surface area contributed by atoms with Crippen LogP contribution in [0.3, 0.4) is 0 Å². The number of nitrogens with zero attached hydrogens (tertiary/aromatic N) is 7. The van der Waals surface area contributed by atoms with Gasteiger partial charge in [0, 0.05) is 37.4 Å². The molecule has 0 saturated carbocycles. The molecular weight excluding hydrogens is 316 g/mol. The first-order valence-corrected chi connectivity index (χ1v) is 8.23. The van der Waals surface area contributed by atoms with Gasteiger partial charge in [0.1, 0.15) is 11.6 Å². The monoisotopic (exact) mass is 334 g/mol. The lowest BCUT2D eigenvalue weighted by molar-refractivity contribution is 0.673. The summed E-state index contributed by atoms with van der Waals surface area (Å²) in [6.07, 6.45) is 9.00. The molecule has 8 heteroatoms. The number of aromatic nitrogens is 6. The van der Waals surface area contributed by atoms with E-state index in [2.05, 4.69) is 40.1 Å². The second-order valence-corrected chi connectivity index (χ2v) is 5.82. The van der Waals surface area contributed by atoms with Gasteiger partial charge in [0.15, 0.2) is 0 Å². The van der Waals surface area contributed by atoms with E-state index in [9.17, 15) is 0 Å². The van der Waals surface area contributed by atoms with Crippen LogP contribution in [0.2, 0.25) is 0 Å². The molecule has 25 heavy (non-hydrogen) atoms. The molecule has 0 unspecified atom stereocenters. The Morgan fingerprint density at radius 3 is 2.48 bits per heavy atom. The van der Waals surface area contributed by atoms with Crippen molar-refractivity contribution in [2.24, 2.45) is 0 Å². The largest absolute Gasteiger partial charge is 0.332 e. The Hall–Kier alpha value is -3.16. The third-order valence-corrected chi connectivity index (χ3v) is 4.07. The summed E-state index contributed by atoms with van der Waals surface area (Å²) in [7, 11) is 0. The van der Waals surface area contributed by atoms with Crippen molar-refractivity contribution in [2.75, 3.05) is 16.8 Å². The van der Waals surface area contributed by atoms with Crippen molar-refractivity contribution in [2.45, 2.75) is 25.8 Å². The summed E-state index contributed by atoms with van der Waals surface area (Å²) in [5, 5.41) is 3.14. The van der Waals surface area contributed by atoms with Gasteiger partial charge in [-0.05, 0) is 31.9 Å². The van der Waals surface area contributed by atoms with Gasteiger partial charge in [0.05, 0.1) is 11.7 Å². The Labute approximate surface area is 145 Å².